The SMILES string of the molecule is Cc1csc(C(C(=O)O)N2CCCNCC2)n1. The first-order valence-corrected chi connectivity index (χ1v) is 6.66. The van der Waals surface area contributed by atoms with Crippen LogP contribution in [0.4, 0.5) is 0 Å². The average molecular weight is 255 g/mol. The second kappa shape index (κ2) is 5.57. The molecule has 0 radical (unpaired) electrons. The van der Waals surface area contributed by atoms with Gasteiger partial charge in [0.25, 0.3) is 0 Å². The number of aryl methyl sites for hydroxylation is 1. The van der Waals surface area contributed by atoms with Gasteiger partial charge in [-0.05, 0) is 19.9 Å². The second-order valence-electron chi connectivity index (χ2n) is 4.21. The van der Waals surface area contributed by atoms with E-state index in [2.05, 4.69) is 10.3 Å². The predicted molar refractivity (Wildman–Crippen MR) is 66.3 cm³/mol. The van der Waals surface area contributed by atoms with E-state index in [0.29, 0.717) is 5.01 Å². The molecule has 1 aliphatic heterocycles. The monoisotopic (exact) mass is 255 g/mol. The van der Waals surface area contributed by atoms with Crippen LogP contribution in [0.25, 0.3) is 0 Å². The minimum absolute atomic E-state index is 0.589. The van der Waals surface area contributed by atoms with Crippen LogP contribution in [0.15, 0.2) is 5.38 Å². The maximum absolute atomic E-state index is 11.4. The number of carboxylic acids is 1. The number of hydrogen-bond acceptors (Lipinski definition) is 5. The summed E-state index contributed by atoms with van der Waals surface area (Å²) in [5.74, 6) is -0.804. The van der Waals surface area contributed by atoms with Crippen molar-refractivity contribution in [2.24, 2.45) is 0 Å². The largest absolute Gasteiger partial charge is 0.480 e. The predicted octanol–water partition coefficient (Wildman–Crippen LogP) is 0.873. The summed E-state index contributed by atoms with van der Waals surface area (Å²) in [6.45, 7) is 5.26. The van der Waals surface area contributed by atoms with Gasteiger partial charge >= 0.3 is 5.97 Å². The first-order chi connectivity index (χ1) is 8.18. The van der Waals surface area contributed by atoms with Gasteiger partial charge in [0.2, 0.25) is 0 Å². The number of aromatic nitrogens is 1. The van der Waals surface area contributed by atoms with Gasteiger partial charge in [-0.25, -0.2) is 4.98 Å². The number of carboxylic acid groups (broad SMARTS) is 1. The van der Waals surface area contributed by atoms with Gasteiger partial charge in [0.05, 0.1) is 0 Å². The summed E-state index contributed by atoms with van der Waals surface area (Å²) in [4.78, 5) is 17.7. The summed E-state index contributed by atoms with van der Waals surface area (Å²) < 4.78 is 0. The Bertz CT molecular complexity index is 386. The van der Waals surface area contributed by atoms with Gasteiger partial charge < -0.3 is 10.4 Å². The Labute approximate surface area is 104 Å². The van der Waals surface area contributed by atoms with Crippen LogP contribution in [-0.2, 0) is 4.79 Å². The van der Waals surface area contributed by atoms with Crippen molar-refractivity contribution in [3.63, 3.8) is 0 Å². The van der Waals surface area contributed by atoms with E-state index in [9.17, 15) is 9.90 Å². The maximum Gasteiger partial charge on any atom is 0.328 e. The smallest absolute Gasteiger partial charge is 0.328 e. The Hall–Kier alpha value is -0.980. The van der Waals surface area contributed by atoms with E-state index in [1.165, 1.54) is 11.3 Å². The van der Waals surface area contributed by atoms with Crippen LogP contribution in [-0.4, -0.2) is 47.1 Å². The molecule has 94 valence electrons. The van der Waals surface area contributed by atoms with Gasteiger partial charge in [0, 0.05) is 30.7 Å². The normalized spacial score (nSPS) is 19.8. The van der Waals surface area contributed by atoms with Crippen molar-refractivity contribution in [2.75, 3.05) is 26.2 Å². The first-order valence-electron chi connectivity index (χ1n) is 5.78. The lowest BCUT2D eigenvalue weighted by molar-refractivity contribution is -0.143. The Morgan fingerprint density at radius 3 is 3.06 bits per heavy atom. The van der Waals surface area contributed by atoms with Crippen molar-refractivity contribution < 1.29 is 9.90 Å². The number of aliphatic carboxylic acids is 1. The summed E-state index contributed by atoms with van der Waals surface area (Å²) in [6, 6.07) is -0.589. The van der Waals surface area contributed by atoms with Gasteiger partial charge in [-0.2, -0.15) is 0 Å². The van der Waals surface area contributed by atoms with Crippen LogP contribution in [0.2, 0.25) is 0 Å². The lowest BCUT2D eigenvalue weighted by Crippen LogP contribution is -2.36. The van der Waals surface area contributed by atoms with E-state index in [1.807, 2.05) is 17.2 Å². The molecule has 5 nitrogen and oxygen atoms in total. The lowest BCUT2D eigenvalue weighted by atomic mass is 10.2. The summed E-state index contributed by atoms with van der Waals surface area (Å²) in [5, 5.41) is 15.3. The molecule has 0 aliphatic carbocycles. The highest BCUT2D eigenvalue weighted by atomic mass is 32.1. The molecule has 1 atom stereocenters. The average Bonchev–Trinajstić information content (AvgIpc) is 2.53. The second-order valence-corrected chi connectivity index (χ2v) is 5.10. The van der Waals surface area contributed by atoms with E-state index in [4.69, 9.17) is 0 Å². The van der Waals surface area contributed by atoms with Crippen molar-refractivity contribution in [1.29, 1.82) is 0 Å². The van der Waals surface area contributed by atoms with Crippen LogP contribution in [0, 0.1) is 6.92 Å². The van der Waals surface area contributed by atoms with E-state index >= 15 is 0 Å². The highest BCUT2D eigenvalue weighted by Crippen LogP contribution is 2.24. The fourth-order valence-electron chi connectivity index (χ4n) is 2.04. The van der Waals surface area contributed by atoms with Gasteiger partial charge in [-0.3, -0.25) is 9.69 Å². The third kappa shape index (κ3) is 3.02. The third-order valence-electron chi connectivity index (χ3n) is 2.84. The molecular weight excluding hydrogens is 238 g/mol. The molecule has 1 aromatic rings. The molecule has 0 saturated carbocycles. The number of hydrogen-bond donors (Lipinski definition) is 2. The molecule has 0 spiro atoms. The standard InChI is InChI=1S/C11H17N3O2S/c1-8-7-17-10(13-8)9(11(15)16)14-5-2-3-12-4-6-14/h7,9,12H,2-6H2,1H3,(H,15,16). The third-order valence-corrected chi connectivity index (χ3v) is 3.86. The number of carbonyl (C=O) groups is 1. The zero-order valence-corrected chi connectivity index (χ0v) is 10.7. The molecule has 1 unspecified atom stereocenters. The summed E-state index contributed by atoms with van der Waals surface area (Å²) in [5.41, 5.74) is 0.893. The molecule has 0 aromatic carbocycles. The lowest BCUT2D eigenvalue weighted by Gasteiger charge is -2.25. The summed E-state index contributed by atoms with van der Waals surface area (Å²) in [6.07, 6.45) is 0.980. The summed E-state index contributed by atoms with van der Waals surface area (Å²) >= 11 is 1.43. The Morgan fingerprint density at radius 1 is 1.59 bits per heavy atom. The van der Waals surface area contributed by atoms with Crippen molar-refractivity contribution in [2.45, 2.75) is 19.4 Å². The maximum atomic E-state index is 11.4. The van der Waals surface area contributed by atoms with Gasteiger partial charge in [-0.1, -0.05) is 0 Å². The number of thiazole rings is 1. The highest BCUT2D eigenvalue weighted by Gasteiger charge is 2.30. The minimum atomic E-state index is -0.804. The van der Waals surface area contributed by atoms with Gasteiger partial charge in [-0.15, -0.1) is 11.3 Å². The number of nitrogens with one attached hydrogen (secondary N) is 1. The molecule has 17 heavy (non-hydrogen) atoms. The van der Waals surface area contributed by atoms with Crippen molar-refractivity contribution in [3.8, 4) is 0 Å². The van der Waals surface area contributed by atoms with Gasteiger partial charge in [0.1, 0.15) is 5.01 Å². The van der Waals surface area contributed by atoms with Crippen LogP contribution in [0.3, 0.4) is 0 Å². The first kappa shape index (κ1) is 12.5. The molecule has 1 aliphatic rings. The molecular formula is C11H17N3O2S. The number of nitrogens with zero attached hydrogens (tertiary/aromatic N) is 2. The van der Waals surface area contributed by atoms with Crippen LogP contribution in [0.5, 0.6) is 0 Å². The van der Waals surface area contributed by atoms with Crippen LogP contribution >= 0.6 is 11.3 Å². The molecule has 2 N–H and O–H groups in total. The molecule has 6 heteroatoms. The number of rotatable bonds is 3. The molecule has 0 bridgehead atoms. The van der Waals surface area contributed by atoms with E-state index < -0.39 is 12.0 Å². The topological polar surface area (TPSA) is 65.5 Å². The summed E-state index contributed by atoms with van der Waals surface area (Å²) in [7, 11) is 0. The van der Waals surface area contributed by atoms with Crippen molar-refractivity contribution in [1.82, 2.24) is 15.2 Å². The molecule has 0 amide bonds. The van der Waals surface area contributed by atoms with Crippen molar-refractivity contribution in [3.05, 3.63) is 16.1 Å². The molecule has 2 rings (SSSR count). The Morgan fingerprint density at radius 2 is 2.41 bits per heavy atom. The Kier molecular flexibility index (Phi) is 4.09. The van der Waals surface area contributed by atoms with Crippen molar-refractivity contribution >= 4 is 17.3 Å². The Balaban J connectivity index is 2.18. The molecule has 2 heterocycles. The van der Waals surface area contributed by atoms with E-state index in [-0.39, 0.29) is 0 Å². The van der Waals surface area contributed by atoms with E-state index in [1.54, 1.807) is 0 Å². The molecule has 1 fully saturated rings. The minimum Gasteiger partial charge on any atom is -0.480 e. The zero-order valence-electron chi connectivity index (χ0n) is 9.85. The fourth-order valence-corrected chi connectivity index (χ4v) is 2.96. The molecule has 1 saturated heterocycles. The highest BCUT2D eigenvalue weighted by molar-refractivity contribution is 7.09. The van der Waals surface area contributed by atoms with E-state index in [0.717, 1.165) is 38.3 Å². The fraction of sp³-hybridized carbons (Fsp3) is 0.636. The van der Waals surface area contributed by atoms with Crippen LogP contribution in [0.1, 0.15) is 23.2 Å². The quantitative estimate of drug-likeness (QED) is 0.839. The zero-order chi connectivity index (χ0) is 12.3. The molecule has 1 aromatic heterocycles. The van der Waals surface area contributed by atoms with Gasteiger partial charge in [0.15, 0.2) is 6.04 Å². The van der Waals surface area contributed by atoms with Crippen LogP contribution < -0.4 is 5.32 Å².